The molecule has 1 amide bonds. The molecule has 1 aliphatic carbocycles. The number of anilines is 1. The lowest BCUT2D eigenvalue weighted by Gasteiger charge is -2.30. The highest BCUT2D eigenvalue weighted by atomic mass is 16.2. The molecule has 0 aromatic heterocycles. The number of nitriles is 1. The van der Waals surface area contributed by atoms with Crippen LogP contribution in [0.15, 0.2) is 54.6 Å². The molecule has 0 bridgehead atoms. The van der Waals surface area contributed by atoms with Gasteiger partial charge in [-0.3, -0.25) is 4.79 Å². The van der Waals surface area contributed by atoms with E-state index in [4.69, 9.17) is 5.26 Å². The van der Waals surface area contributed by atoms with Gasteiger partial charge in [0.15, 0.2) is 0 Å². The summed E-state index contributed by atoms with van der Waals surface area (Å²) >= 11 is 0. The van der Waals surface area contributed by atoms with Gasteiger partial charge in [-0.15, -0.1) is 0 Å². The Hall–Kier alpha value is -2.80. The van der Waals surface area contributed by atoms with Gasteiger partial charge in [-0.25, -0.2) is 0 Å². The fourth-order valence-electron chi connectivity index (χ4n) is 3.16. The van der Waals surface area contributed by atoms with Crippen molar-refractivity contribution in [3.8, 4) is 6.07 Å². The molecule has 0 heterocycles. The lowest BCUT2D eigenvalue weighted by Crippen LogP contribution is -2.43. The Morgan fingerprint density at radius 3 is 2.30 bits per heavy atom. The smallest absolute Gasteiger partial charge is 0.240 e. The summed E-state index contributed by atoms with van der Waals surface area (Å²) in [5, 5.41) is 11.3. The predicted octanol–water partition coefficient (Wildman–Crippen LogP) is 2.30. The normalized spacial score (nSPS) is 13.2. The van der Waals surface area contributed by atoms with Crippen molar-refractivity contribution in [3.63, 3.8) is 0 Å². The number of para-hydroxylation sites is 1. The Balaban J connectivity index is 1.80. The van der Waals surface area contributed by atoms with E-state index in [0.29, 0.717) is 0 Å². The van der Waals surface area contributed by atoms with Crippen molar-refractivity contribution < 1.29 is 4.79 Å². The van der Waals surface area contributed by atoms with Gasteiger partial charge in [0.05, 0.1) is 12.6 Å². The molecular formula is C19H19N3O. The standard InChI is InChI=1S/C19H19N3O/c20-10-11-21-19(23)14-22(17-8-2-1-3-9-17)18-12-15-6-4-5-7-16(15)13-18/h1-9,18H,11-14H2,(H,21,23). The minimum absolute atomic E-state index is 0.0480. The molecule has 0 spiro atoms. The summed E-state index contributed by atoms with van der Waals surface area (Å²) < 4.78 is 0. The van der Waals surface area contributed by atoms with Crippen molar-refractivity contribution in [1.82, 2.24) is 5.32 Å². The average Bonchev–Trinajstić information content (AvgIpc) is 3.02. The van der Waals surface area contributed by atoms with Crippen molar-refractivity contribution >= 4 is 11.6 Å². The van der Waals surface area contributed by atoms with Crippen molar-refractivity contribution in [2.75, 3.05) is 18.0 Å². The van der Waals surface area contributed by atoms with E-state index in [-0.39, 0.29) is 25.0 Å². The van der Waals surface area contributed by atoms with Gasteiger partial charge in [0, 0.05) is 11.7 Å². The van der Waals surface area contributed by atoms with E-state index in [1.54, 1.807) is 0 Å². The van der Waals surface area contributed by atoms with E-state index >= 15 is 0 Å². The van der Waals surface area contributed by atoms with Crippen molar-refractivity contribution in [3.05, 3.63) is 65.7 Å². The number of benzene rings is 2. The van der Waals surface area contributed by atoms with Gasteiger partial charge in [0.25, 0.3) is 0 Å². The molecule has 0 saturated heterocycles. The van der Waals surface area contributed by atoms with E-state index in [1.165, 1.54) is 11.1 Å². The van der Waals surface area contributed by atoms with Crippen molar-refractivity contribution in [2.24, 2.45) is 0 Å². The molecule has 0 atom stereocenters. The van der Waals surface area contributed by atoms with Gasteiger partial charge in [0.2, 0.25) is 5.91 Å². The van der Waals surface area contributed by atoms with E-state index < -0.39 is 0 Å². The molecule has 23 heavy (non-hydrogen) atoms. The second-order valence-electron chi connectivity index (χ2n) is 5.73. The molecule has 0 radical (unpaired) electrons. The van der Waals surface area contributed by atoms with Crippen LogP contribution >= 0.6 is 0 Å². The number of carbonyl (C=O) groups is 1. The minimum Gasteiger partial charge on any atom is -0.359 e. The number of carbonyl (C=O) groups excluding carboxylic acids is 1. The first kappa shape index (κ1) is 15.1. The summed E-state index contributed by atoms with van der Waals surface area (Å²) in [5.41, 5.74) is 3.75. The van der Waals surface area contributed by atoms with E-state index in [0.717, 1.165) is 18.5 Å². The second-order valence-corrected chi connectivity index (χ2v) is 5.73. The second kappa shape index (κ2) is 6.97. The lowest BCUT2D eigenvalue weighted by atomic mass is 10.1. The monoisotopic (exact) mass is 305 g/mol. The van der Waals surface area contributed by atoms with Crippen LogP contribution in [-0.2, 0) is 17.6 Å². The Labute approximate surface area is 136 Å². The van der Waals surface area contributed by atoms with Crippen molar-refractivity contribution in [1.29, 1.82) is 5.26 Å². The first-order valence-electron chi connectivity index (χ1n) is 7.80. The zero-order valence-electron chi connectivity index (χ0n) is 12.9. The first-order valence-corrected chi connectivity index (χ1v) is 7.80. The van der Waals surface area contributed by atoms with Gasteiger partial charge < -0.3 is 10.2 Å². The van der Waals surface area contributed by atoms with Gasteiger partial charge in [-0.2, -0.15) is 5.26 Å². The fraction of sp³-hybridized carbons (Fsp3) is 0.263. The van der Waals surface area contributed by atoms with Gasteiger partial charge >= 0.3 is 0 Å². The van der Waals surface area contributed by atoms with Crippen LogP contribution in [0.4, 0.5) is 5.69 Å². The molecule has 0 saturated carbocycles. The molecule has 0 fully saturated rings. The summed E-state index contributed by atoms with van der Waals surface area (Å²) in [7, 11) is 0. The number of nitrogens with one attached hydrogen (secondary N) is 1. The minimum atomic E-state index is -0.119. The third-order valence-electron chi connectivity index (χ3n) is 4.24. The van der Waals surface area contributed by atoms with Crippen LogP contribution in [0, 0.1) is 11.3 Å². The maximum Gasteiger partial charge on any atom is 0.240 e. The summed E-state index contributed by atoms with van der Waals surface area (Å²) in [6.45, 7) is 0.316. The highest BCUT2D eigenvalue weighted by molar-refractivity contribution is 5.81. The Kier molecular flexibility index (Phi) is 4.58. The number of rotatable bonds is 5. The summed E-state index contributed by atoms with van der Waals surface area (Å²) in [6, 6.07) is 20.7. The molecule has 3 rings (SSSR count). The molecule has 0 aliphatic heterocycles. The summed E-state index contributed by atoms with van der Waals surface area (Å²) in [6.07, 6.45) is 1.88. The van der Waals surface area contributed by atoms with Gasteiger partial charge in [-0.05, 0) is 36.1 Å². The molecule has 4 nitrogen and oxygen atoms in total. The van der Waals surface area contributed by atoms with Crippen LogP contribution in [0.3, 0.4) is 0 Å². The van der Waals surface area contributed by atoms with Gasteiger partial charge in [-0.1, -0.05) is 42.5 Å². The van der Waals surface area contributed by atoms with Crippen LogP contribution in [-0.4, -0.2) is 25.0 Å². The third kappa shape index (κ3) is 3.51. The zero-order valence-corrected chi connectivity index (χ0v) is 12.9. The number of hydrogen-bond donors (Lipinski definition) is 1. The highest BCUT2D eigenvalue weighted by Gasteiger charge is 2.28. The average molecular weight is 305 g/mol. The van der Waals surface area contributed by atoms with Crippen LogP contribution in [0.2, 0.25) is 0 Å². The first-order chi connectivity index (χ1) is 11.3. The Bertz CT molecular complexity index is 696. The molecule has 1 N–H and O–H groups in total. The topological polar surface area (TPSA) is 56.1 Å². The van der Waals surface area contributed by atoms with Crippen LogP contribution < -0.4 is 10.2 Å². The van der Waals surface area contributed by atoms with E-state index in [2.05, 4.69) is 34.5 Å². The highest BCUT2D eigenvalue weighted by Crippen LogP contribution is 2.28. The molecule has 0 unspecified atom stereocenters. The molecule has 2 aromatic carbocycles. The zero-order chi connectivity index (χ0) is 16.1. The SMILES string of the molecule is N#CCNC(=O)CN(c1ccccc1)C1Cc2ccccc2C1. The largest absolute Gasteiger partial charge is 0.359 e. The Morgan fingerprint density at radius 1 is 1.09 bits per heavy atom. The summed E-state index contributed by atoms with van der Waals surface area (Å²) in [5.74, 6) is -0.119. The van der Waals surface area contributed by atoms with Crippen LogP contribution in [0.1, 0.15) is 11.1 Å². The number of fused-ring (bicyclic) bond motifs is 1. The number of nitrogens with zero attached hydrogens (tertiary/aromatic N) is 2. The lowest BCUT2D eigenvalue weighted by molar-refractivity contribution is -0.119. The van der Waals surface area contributed by atoms with E-state index in [9.17, 15) is 4.79 Å². The van der Waals surface area contributed by atoms with Crippen molar-refractivity contribution in [2.45, 2.75) is 18.9 Å². The van der Waals surface area contributed by atoms with E-state index in [1.807, 2.05) is 36.4 Å². The summed E-state index contributed by atoms with van der Waals surface area (Å²) in [4.78, 5) is 14.3. The van der Waals surface area contributed by atoms with Crippen LogP contribution in [0.25, 0.3) is 0 Å². The third-order valence-corrected chi connectivity index (χ3v) is 4.24. The molecule has 2 aromatic rings. The quantitative estimate of drug-likeness (QED) is 0.862. The number of hydrogen-bond acceptors (Lipinski definition) is 3. The molecule has 116 valence electrons. The molecule has 1 aliphatic rings. The predicted molar refractivity (Wildman–Crippen MR) is 90.0 cm³/mol. The Morgan fingerprint density at radius 2 is 1.70 bits per heavy atom. The molecular weight excluding hydrogens is 286 g/mol. The molecule has 4 heteroatoms. The maximum atomic E-state index is 12.1. The van der Waals surface area contributed by atoms with Gasteiger partial charge in [0.1, 0.15) is 6.54 Å². The fourth-order valence-corrected chi connectivity index (χ4v) is 3.16. The maximum absolute atomic E-state index is 12.1. The van der Waals surface area contributed by atoms with Crippen LogP contribution in [0.5, 0.6) is 0 Å². The number of amides is 1.